The summed E-state index contributed by atoms with van der Waals surface area (Å²) in [5, 5.41) is 1.26. The summed E-state index contributed by atoms with van der Waals surface area (Å²) >= 11 is 6.87. The predicted molar refractivity (Wildman–Crippen MR) is 212 cm³/mol. The van der Waals surface area contributed by atoms with Gasteiger partial charge in [0.05, 0.1) is 33.5 Å². The summed E-state index contributed by atoms with van der Waals surface area (Å²) in [5.74, 6) is -0.151. The fourth-order valence-corrected chi connectivity index (χ4v) is 6.52. The molecule has 0 unspecified atom stereocenters. The van der Waals surface area contributed by atoms with Crippen LogP contribution in [-0.2, 0) is 0 Å². The second kappa shape index (κ2) is 14.3. The Labute approximate surface area is 316 Å². The molecule has 0 bridgehead atoms. The van der Waals surface area contributed by atoms with Gasteiger partial charge in [-0.1, -0.05) is 105 Å². The van der Waals surface area contributed by atoms with Crippen molar-refractivity contribution in [1.82, 2.24) is 9.97 Å². The van der Waals surface area contributed by atoms with E-state index < -0.39 is 11.9 Å². The molecule has 8 aromatic rings. The first-order valence-corrected chi connectivity index (χ1v) is 17.9. The van der Waals surface area contributed by atoms with Crippen LogP contribution in [0, 0.1) is 0 Å². The molecule has 0 saturated carbocycles. The molecule has 6 nitrogen and oxygen atoms in total. The molecular weight excluding hydrogens is 780 g/mol. The van der Waals surface area contributed by atoms with Gasteiger partial charge in [-0.25, -0.2) is 19.6 Å². The maximum Gasteiger partial charge on any atom is 0.344 e. The van der Waals surface area contributed by atoms with Crippen molar-refractivity contribution in [2.45, 2.75) is 0 Å². The van der Waals surface area contributed by atoms with Gasteiger partial charge in [0.2, 0.25) is 0 Å². The van der Waals surface area contributed by atoms with E-state index >= 15 is 0 Å². The zero-order chi connectivity index (χ0) is 35.6. The summed E-state index contributed by atoms with van der Waals surface area (Å²) < 4.78 is 13.5. The smallest absolute Gasteiger partial charge is 0.344 e. The van der Waals surface area contributed by atoms with E-state index in [0.29, 0.717) is 55.8 Å². The largest absolute Gasteiger partial charge is 0.423 e. The van der Waals surface area contributed by atoms with Gasteiger partial charge < -0.3 is 9.47 Å². The monoisotopic (exact) mass is 804 g/mol. The van der Waals surface area contributed by atoms with Crippen LogP contribution in [0.2, 0.25) is 0 Å². The van der Waals surface area contributed by atoms with Gasteiger partial charge in [0.15, 0.2) is 0 Å². The Morgan fingerprint density at radius 2 is 0.808 bits per heavy atom. The van der Waals surface area contributed by atoms with Gasteiger partial charge >= 0.3 is 11.9 Å². The van der Waals surface area contributed by atoms with Crippen molar-refractivity contribution in [2.24, 2.45) is 0 Å². The minimum absolute atomic E-state index is 0.377. The van der Waals surface area contributed by atoms with Gasteiger partial charge in [-0.05, 0) is 96.1 Å². The predicted octanol–water partition coefficient (Wildman–Crippen LogP) is 11.7. The number of pyridine rings is 2. The molecule has 0 atom stereocenters. The van der Waals surface area contributed by atoms with Gasteiger partial charge in [-0.2, -0.15) is 0 Å². The lowest BCUT2D eigenvalue weighted by Crippen LogP contribution is -2.10. The number of rotatable bonds is 7. The zero-order valence-corrected chi connectivity index (χ0v) is 30.5. The highest BCUT2D eigenvalue weighted by Gasteiger charge is 2.20. The number of hydrogen-bond donors (Lipinski definition) is 0. The molecule has 0 N–H and O–H groups in total. The third kappa shape index (κ3) is 6.99. The van der Waals surface area contributed by atoms with Crippen LogP contribution in [0.3, 0.4) is 0 Å². The number of hydrogen-bond acceptors (Lipinski definition) is 6. The molecule has 2 aromatic heterocycles. The van der Waals surface area contributed by atoms with Crippen molar-refractivity contribution in [3.05, 3.63) is 178 Å². The van der Waals surface area contributed by atoms with Crippen LogP contribution in [0.15, 0.2) is 167 Å². The number of carbonyl (C=O) groups excluding carboxylic acids is 2. The Balaban J connectivity index is 1.25. The number of benzene rings is 6. The van der Waals surface area contributed by atoms with Gasteiger partial charge in [0.25, 0.3) is 0 Å². The highest BCUT2D eigenvalue weighted by atomic mass is 79.9. The van der Waals surface area contributed by atoms with Crippen molar-refractivity contribution in [2.75, 3.05) is 0 Å². The summed E-state index contributed by atoms with van der Waals surface area (Å²) in [6.45, 7) is 0. The van der Waals surface area contributed by atoms with E-state index in [1.807, 2.05) is 121 Å². The van der Waals surface area contributed by atoms with Crippen molar-refractivity contribution in [3.8, 4) is 45.1 Å². The third-order valence-corrected chi connectivity index (χ3v) is 9.64. The normalized spacial score (nSPS) is 11.0. The number of esters is 2. The molecule has 6 aromatic carbocycles. The van der Waals surface area contributed by atoms with Crippen LogP contribution in [0.5, 0.6) is 11.5 Å². The minimum atomic E-state index is -0.502. The molecular formula is C44H26Br2N2O4. The number of carbonyl (C=O) groups is 2. The number of aromatic nitrogens is 2. The Hall–Kier alpha value is -5.96. The van der Waals surface area contributed by atoms with E-state index in [2.05, 4.69) is 31.9 Å². The maximum absolute atomic E-state index is 13.8. The van der Waals surface area contributed by atoms with Crippen LogP contribution in [-0.4, -0.2) is 21.9 Å². The fraction of sp³-hybridized carbons (Fsp3) is 0. The number of halogens is 2. The first-order valence-electron chi connectivity index (χ1n) is 16.3. The highest BCUT2D eigenvalue weighted by Crippen LogP contribution is 2.34. The molecule has 0 amide bonds. The standard InChI is InChI=1S/C44H26Br2N2O4/c45-31-13-17-33(18-14-31)51-43(49)37-25-41(27-7-3-1-4-8-27)47-39-21-11-29(23-35(37)39)30-12-22-40-36(24-30)38(26-42(48-40)28-9-5-2-6-10-28)44(50)52-34-19-15-32(46)16-20-34/h1-26H. The highest BCUT2D eigenvalue weighted by molar-refractivity contribution is 9.10. The molecule has 0 radical (unpaired) electrons. The van der Waals surface area contributed by atoms with E-state index in [1.54, 1.807) is 36.4 Å². The Morgan fingerprint density at radius 1 is 0.423 bits per heavy atom. The second-order valence-electron chi connectivity index (χ2n) is 12.0. The molecule has 8 heteroatoms. The Bertz CT molecular complexity index is 2430. The molecule has 0 fully saturated rings. The number of fused-ring (bicyclic) bond motifs is 2. The van der Waals surface area contributed by atoms with Gasteiger partial charge in [-0.15, -0.1) is 0 Å². The first kappa shape index (κ1) is 33.2. The van der Waals surface area contributed by atoms with Crippen molar-refractivity contribution < 1.29 is 19.1 Å². The van der Waals surface area contributed by atoms with E-state index in [9.17, 15) is 9.59 Å². The summed E-state index contributed by atoms with van der Waals surface area (Å²) in [6, 6.07) is 48.8. The van der Waals surface area contributed by atoms with Gasteiger partial charge in [-0.3, -0.25) is 0 Å². The van der Waals surface area contributed by atoms with E-state index in [-0.39, 0.29) is 0 Å². The zero-order valence-electron chi connectivity index (χ0n) is 27.3. The van der Waals surface area contributed by atoms with Crippen LogP contribution in [0.4, 0.5) is 0 Å². The number of nitrogens with zero attached hydrogens (tertiary/aromatic N) is 2. The molecule has 8 rings (SSSR count). The van der Waals surface area contributed by atoms with Gasteiger partial charge in [0, 0.05) is 30.8 Å². The van der Waals surface area contributed by atoms with Crippen LogP contribution >= 0.6 is 31.9 Å². The van der Waals surface area contributed by atoms with Gasteiger partial charge in [0.1, 0.15) is 11.5 Å². The van der Waals surface area contributed by atoms with E-state index in [0.717, 1.165) is 31.2 Å². The Morgan fingerprint density at radius 3 is 1.19 bits per heavy atom. The minimum Gasteiger partial charge on any atom is -0.423 e. The van der Waals surface area contributed by atoms with Crippen LogP contribution in [0.1, 0.15) is 20.7 Å². The lowest BCUT2D eigenvalue weighted by Gasteiger charge is -2.13. The average Bonchev–Trinajstić information content (AvgIpc) is 3.19. The molecule has 0 aliphatic rings. The third-order valence-electron chi connectivity index (χ3n) is 8.58. The summed E-state index contributed by atoms with van der Waals surface area (Å²) in [5.41, 5.74) is 6.75. The topological polar surface area (TPSA) is 78.4 Å². The van der Waals surface area contributed by atoms with Crippen molar-refractivity contribution in [1.29, 1.82) is 0 Å². The molecule has 2 heterocycles. The van der Waals surface area contributed by atoms with Crippen LogP contribution in [0.25, 0.3) is 55.4 Å². The SMILES string of the molecule is O=C(Oc1ccc(Br)cc1)c1cc(-c2ccccc2)nc2ccc(-c3ccc4nc(-c5ccccc5)cc(C(=O)Oc5ccc(Br)cc5)c4c3)cc12. The van der Waals surface area contributed by atoms with Crippen LogP contribution < -0.4 is 9.47 Å². The lowest BCUT2D eigenvalue weighted by atomic mass is 9.96. The molecule has 0 spiro atoms. The first-order chi connectivity index (χ1) is 25.4. The molecule has 250 valence electrons. The van der Waals surface area contributed by atoms with E-state index in [4.69, 9.17) is 19.4 Å². The number of ether oxygens (including phenoxy) is 2. The van der Waals surface area contributed by atoms with E-state index in [1.165, 1.54) is 0 Å². The fourth-order valence-electron chi connectivity index (χ4n) is 5.99. The lowest BCUT2D eigenvalue weighted by molar-refractivity contribution is 0.0727. The Kier molecular flexibility index (Phi) is 9.16. The molecule has 52 heavy (non-hydrogen) atoms. The molecule has 0 saturated heterocycles. The molecule has 0 aliphatic heterocycles. The quantitative estimate of drug-likeness (QED) is 0.118. The summed E-state index contributed by atoms with van der Waals surface area (Å²) in [6.07, 6.45) is 0. The second-order valence-corrected chi connectivity index (χ2v) is 13.8. The average molecular weight is 807 g/mol. The summed E-state index contributed by atoms with van der Waals surface area (Å²) in [4.78, 5) is 37.5. The maximum atomic E-state index is 13.8. The molecule has 0 aliphatic carbocycles. The van der Waals surface area contributed by atoms with Crippen molar-refractivity contribution >= 4 is 65.6 Å². The van der Waals surface area contributed by atoms with Crippen molar-refractivity contribution in [3.63, 3.8) is 0 Å². The summed E-state index contributed by atoms with van der Waals surface area (Å²) in [7, 11) is 0.